The molecular weight excluding hydrogens is 546 g/mol. The third-order valence-corrected chi connectivity index (χ3v) is 8.50. The summed E-state index contributed by atoms with van der Waals surface area (Å²) >= 11 is 0. The zero-order chi connectivity index (χ0) is 30.6. The second kappa shape index (κ2) is 12.9. The minimum atomic E-state index is -0.217. The lowest BCUT2D eigenvalue weighted by Gasteiger charge is -2.28. The van der Waals surface area contributed by atoms with E-state index in [1.807, 2.05) is 37.3 Å². The van der Waals surface area contributed by atoms with Gasteiger partial charge in [0.15, 0.2) is 0 Å². The standard InChI is InChI=1S/C37H39N5O2/c1-25(2)33-17-20-44-34(33)24-42-35-31(22-30(36(42)43)12-9-27-7-5-26(3)6-8-27)23-38-37(40-35)39-32-13-10-28(11-14-32)21-29-15-18-41(4)19-16-29/h5-8,10-11,13-14,17,20,22-23,25,29H,15-16,18-19,21,24H2,1-4H3,(H,38,39,40). The molecule has 0 amide bonds. The number of furan rings is 1. The fourth-order valence-corrected chi connectivity index (χ4v) is 5.82. The fourth-order valence-electron chi connectivity index (χ4n) is 5.82. The van der Waals surface area contributed by atoms with Crippen LogP contribution in [-0.4, -0.2) is 39.6 Å². The predicted molar refractivity (Wildman–Crippen MR) is 177 cm³/mol. The molecule has 0 aliphatic carbocycles. The van der Waals surface area contributed by atoms with Gasteiger partial charge in [0, 0.05) is 22.8 Å². The number of aromatic nitrogens is 3. The Balaban J connectivity index is 1.31. The molecule has 6 rings (SSSR count). The van der Waals surface area contributed by atoms with E-state index < -0.39 is 0 Å². The van der Waals surface area contributed by atoms with Crippen molar-refractivity contribution in [2.24, 2.45) is 5.92 Å². The van der Waals surface area contributed by atoms with Crippen LogP contribution in [0.5, 0.6) is 0 Å². The Morgan fingerprint density at radius 3 is 2.50 bits per heavy atom. The minimum Gasteiger partial charge on any atom is -0.467 e. The van der Waals surface area contributed by atoms with Crippen LogP contribution in [0.25, 0.3) is 11.0 Å². The molecule has 2 aromatic carbocycles. The molecule has 7 nitrogen and oxygen atoms in total. The van der Waals surface area contributed by atoms with Crippen LogP contribution in [0.15, 0.2) is 82.3 Å². The van der Waals surface area contributed by atoms with Gasteiger partial charge in [-0.2, -0.15) is 4.98 Å². The Labute approximate surface area is 259 Å². The molecule has 7 heteroatoms. The smallest absolute Gasteiger partial charge is 0.268 e. The minimum absolute atomic E-state index is 0.217. The highest BCUT2D eigenvalue weighted by Gasteiger charge is 2.18. The first kappa shape index (κ1) is 29.4. The van der Waals surface area contributed by atoms with Gasteiger partial charge in [0.2, 0.25) is 5.95 Å². The van der Waals surface area contributed by atoms with Crippen LogP contribution in [0.1, 0.15) is 66.2 Å². The summed E-state index contributed by atoms with van der Waals surface area (Å²) in [5.74, 6) is 8.40. The first-order valence-corrected chi connectivity index (χ1v) is 15.4. The van der Waals surface area contributed by atoms with E-state index in [4.69, 9.17) is 9.40 Å². The zero-order valence-electron chi connectivity index (χ0n) is 25.9. The van der Waals surface area contributed by atoms with Crippen molar-refractivity contribution < 1.29 is 4.42 Å². The average molecular weight is 586 g/mol. The quantitative estimate of drug-likeness (QED) is 0.210. The number of nitrogens with zero attached hydrogens (tertiary/aromatic N) is 4. The normalized spacial score (nSPS) is 14.1. The zero-order valence-corrected chi connectivity index (χ0v) is 25.9. The molecule has 1 N–H and O–H groups in total. The Morgan fingerprint density at radius 2 is 1.77 bits per heavy atom. The lowest BCUT2D eigenvalue weighted by molar-refractivity contribution is 0.219. The van der Waals surface area contributed by atoms with Crippen LogP contribution in [0.3, 0.4) is 0 Å². The number of likely N-dealkylation sites (tertiary alicyclic amines) is 1. The molecule has 5 aromatic rings. The Morgan fingerprint density at radius 1 is 1.02 bits per heavy atom. The van der Waals surface area contributed by atoms with E-state index in [0.717, 1.165) is 45.9 Å². The van der Waals surface area contributed by atoms with Crippen molar-refractivity contribution in [2.45, 2.75) is 52.5 Å². The first-order valence-electron chi connectivity index (χ1n) is 15.4. The maximum atomic E-state index is 13.9. The number of fused-ring (bicyclic) bond motifs is 1. The van der Waals surface area contributed by atoms with Crippen LogP contribution in [0.4, 0.5) is 11.6 Å². The van der Waals surface area contributed by atoms with E-state index in [1.54, 1.807) is 23.1 Å². The lowest BCUT2D eigenvalue weighted by atomic mass is 9.90. The van der Waals surface area contributed by atoms with Crippen LogP contribution >= 0.6 is 0 Å². The molecule has 1 fully saturated rings. The van der Waals surface area contributed by atoms with Crippen molar-refractivity contribution in [3.63, 3.8) is 0 Å². The van der Waals surface area contributed by atoms with Gasteiger partial charge in [0.1, 0.15) is 11.4 Å². The SMILES string of the molecule is Cc1ccc(C#Cc2cc3cnc(Nc4ccc(CC5CCN(C)CC5)cc4)nc3n(Cc3occc3C(C)C)c2=O)cc1. The van der Waals surface area contributed by atoms with Crippen molar-refractivity contribution in [2.75, 3.05) is 25.5 Å². The van der Waals surface area contributed by atoms with E-state index in [2.05, 4.69) is 72.2 Å². The summed E-state index contributed by atoms with van der Waals surface area (Å²) in [6.45, 7) is 8.86. The van der Waals surface area contributed by atoms with E-state index >= 15 is 0 Å². The number of rotatable bonds is 7. The van der Waals surface area contributed by atoms with Crippen LogP contribution in [0, 0.1) is 24.7 Å². The molecule has 0 bridgehead atoms. The number of nitrogens with one attached hydrogen (secondary N) is 1. The van der Waals surface area contributed by atoms with Gasteiger partial charge in [0.05, 0.1) is 18.4 Å². The number of aryl methyl sites for hydroxylation is 1. The Hall–Kier alpha value is -4.67. The maximum absolute atomic E-state index is 13.9. The summed E-state index contributed by atoms with van der Waals surface area (Å²) in [5.41, 5.74) is 6.02. The summed E-state index contributed by atoms with van der Waals surface area (Å²) < 4.78 is 7.50. The number of hydrogen-bond donors (Lipinski definition) is 1. The average Bonchev–Trinajstić information content (AvgIpc) is 3.50. The van der Waals surface area contributed by atoms with E-state index in [0.29, 0.717) is 17.2 Å². The molecule has 224 valence electrons. The number of hydrogen-bond acceptors (Lipinski definition) is 6. The fraction of sp³-hybridized carbons (Fsp3) is 0.324. The lowest BCUT2D eigenvalue weighted by Crippen LogP contribution is -2.30. The van der Waals surface area contributed by atoms with Crippen molar-refractivity contribution in [3.05, 3.63) is 117 Å². The molecule has 0 atom stereocenters. The highest BCUT2D eigenvalue weighted by Crippen LogP contribution is 2.25. The summed E-state index contributed by atoms with van der Waals surface area (Å²) in [6.07, 6.45) is 7.03. The second-order valence-electron chi connectivity index (χ2n) is 12.3. The summed E-state index contributed by atoms with van der Waals surface area (Å²) in [5, 5.41) is 4.07. The third kappa shape index (κ3) is 6.77. The molecule has 4 heterocycles. The highest BCUT2D eigenvalue weighted by atomic mass is 16.3. The molecule has 0 saturated carbocycles. The second-order valence-corrected chi connectivity index (χ2v) is 12.3. The maximum Gasteiger partial charge on any atom is 0.268 e. The first-order chi connectivity index (χ1) is 21.3. The van der Waals surface area contributed by atoms with Gasteiger partial charge in [-0.25, -0.2) is 4.98 Å². The number of piperidine rings is 1. The molecule has 1 aliphatic heterocycles. The van der Waals surface area contributed by atoms with Crippen molar-refractivity contribution in [3.8, 4) is 11.8 Å². The van der Waals surface area contributed by atoms with Crippen molar-refractivity contribution >= 4 is 22.7 Å². The molecule has 1 aliphatic rings. The van der Waals surface area contributed by atoms with Crippen molar-refractivity contribution in [1.29, 1.82) is 0 Å². The summed E-state index contributed by atoms with van der Waals surface area (Å²) in [6, 6.07) is 20.2. The summed E-state index contributed by atoms with van der Waals surface area (Å²) in [4.78, 5) is 25.7. The third-order valence-electron chi connectivity index (χ3n) is 8.50. The molecule has 0 unspecified atom stereocenters. The molecule has 3 aromatic heterocycles. The molecule has 0 spiro atoms. The van der Waals surface area contributed by atoms with Gasteiger partial charge in [-0.1, -0.05) is 55.5 Å². The number of benzene rings is 2. The van der Waals surface area contributed by atoms with Gasteiger partial charge in [0.25, 0.3) is 5.56 Å². The molecule has 1 saturated heterocycles. The molecular formula is C37H39N5O2. The largest absolute Gasteiger partial charge is 0.467 e. The molecule has 44 heavy (non-hydrogen) atoms. The highest BCUT2D eigenvalue weighted by molar-refractivity contribution is 5.77. The Bertz CT molecular complexity index is 1870. The molecule has 0 radical (unpaired) electrons. The van der Waals surface area contributed by atoms with Crippen LogP contribution < -0.4 is 10.9 Å². The van der Waals surface area contributed by atoms with Crippen LogP contribution in [-0.2, 0) is 13.0 Å². The van der Waals surface area contributed by atoms with Gasteiger partial charge in [-0.3, -0.25) is 9.36 Å². The monoisotopic (exact) mass is 585 g/mol. The number of anilines is 2. The van der Waals surface area contributed by atoms with Gasteiger partial charge < -0.3 is 14.6 Å². The van der Waals surface area contributed by atoms with Gasteiger partial charge in [-0.15, -0.1) is 0 Å². The van der Waals surface area contributed by atoms with E-state index in [9.17, 15) is 4.79 Å². The number of pyridine rings is 1. The van der Waals surface area contributed by atoms with Crippen molar-refractivity contribution in [1.82, 2.24) is 19.4 Å². The van der Waals surface area contributed by atoms with E-state index in [-0.39, 0.29) is 18.0 Å². The Kier molecular flexibility index (Phi) is 8.63. The van der Waals surface area contributed by atoms with Crippen LogP contribution in [0.2, 0.25) is 0 Å². The van der Waals surface area contributed by atoms with E-state index in [1.165, 1.54) is 31.5 Å². The topological polar surface area (TPSA) is 76.2 Å². The van der Waals surface area contributed by atoms with Gasteiger partial charge in [-0.05, 0) is 106 Å². The summed E-state index contributed by atoms with van der Waals surface area (Å²) in [7, 11) is 2.20. The van der Waals surface area contributed by atoms with Gasteiger partial charge >= 0.3 is 0 Å². The predicted octanol–water partition coefficient (Wildman–Crippen LogP) is 6.89.